The first-order valence-corrected chi connectivity index (χ1v) is 7.92. The third-order valence-electron chi connectivity index (χ3n) is 2.34. The van der Waals surface area contributed by atoms with Crippen LogP contribution in [0.25, 0.3) is 0 Å². The molecule has 1 aromatic carbocycles. The standard InChI is InChI=1S/C13H18Cl2O2S/c1-3-18-6-4-5-17-13-10(9-14)7-11(15)8-12(13)16-2/h7-8H,3-6,9H2,1-2H3. The van der Waals surface area contributed by atoms with Crippen molar-refractivity contribution in [1.29, 1.82) is 0 Å². The van der Waals surface area contributed by atoms with Crippen LogP contribution < -0.4 is 9.47 Å². The van der Waals surface area contributed by atoms with Crippen molar-refractivity contribution in [2.45, 2.75) is 19.2 Å². The number of ether oxygens (including phenoxy) is 2. The summed E-state index contributed by atoms with van der Waals surface area (Å²) in [6.45, 7) is 2.81. The number of hydrogen-bond donors (Lipinski definition) is 0. The van der Waals surface area contributed by atoms with Gasteiger partial charge in [0.15, 0.2) is 11.5 Å². The van der Waals surface area contributed by atoms with E-state index in [1.165, 1.54) is 0 Å². The first kappa shape index (κ1) is 15.8. The second-order valence-corrected chi connectivity index (χ2v) is 5.73. The summed E-state index contributed by atoms with van der Waals surface area (Å²) in [6.07, 6.45) is 1.01. The third kappa shape index (κ3) is 4.79. The van der Waals surface area contributed by atoms with E-state index in [4.69, 9.17) is 32.7 Å². The number of benzene rings is 1. The lowest BCUT2D eigenvalue weighted by Gasteiger charge is -2.14. The minimum absolute atomic E-state index is 0.357. The molecular weight excluding hydrogens is 291 g/mol. The quantitative estimate of drug-likeness (QED) is 0.516. The van der Waals surface area contributed by atoms with Crippen LogP contribution in [0, 0.1) is 0 Å². The molecule has 0 amide bonds. The van der Waals surface area contributed by atoms with Gasteiger partial charge >= 0.3 is 0 Å². The Labute approximate surface area is 123 Å². The van der Waals surface area contributed by atoms with Crippen LogP contribution >= 0.6 is 35.0 Å². The summed E-state index contributed by atoms with van der Waals surface area (Å²) in [6, 6.07) is 3.56. The second-order valence-electron chi connectivity index (χ2n) is 3.63. The normalized spacial score (nSPS) is 10.4. The van der Waals surface area contributed by atoms with Gasteiger partial charge in [-0.1, -0.05) is 18.5 Å². The van der Waals surface area contributed by atoms with Gasteiger partial charge in [-0.2, -0.15) is 11.8 Å². The van der Waals surface area contributed by atoms with Crippen molar-refractivity contribution in [1.82, 2.24) is 0 Å². The van der Waals surface area contributed by atoms with Crippen LogP contribution in [0.5, 0.6) is 11.5 Å². The van der Waals surface area contributed by atoms with Gasteiger partial charge < -0.3 is 9.47 Å². The minimum atomic E-state index is 0.357. The Kier molecular flexibility index (Phi) is 7.71. The number of halogens is 2. The molecule has 0 aliphatic rings. The number of alkyl halides is 1. The highest BCUT2D eigenvalue weighted by atomic mass is 35.5. The van der Waals surface area contributed by atoms with Gasteiger partial charge in [-0.05, 0) is 24.0 Å². The maximum atomic E-state index is 5.98. The molecule has 0 heterocycles. The highest BCUT2D eigenvalue weighted by Crippen LogP contribution is 2.35. The van der Waals surface area contributed by atoms with E-state index < -0.39 is 0 Å². The maximum absolute atomic E-state index is 5.98. The molecule has 0 aliphatic heterocycles. The first-order chi connectivity index (χ1) is 8.72. The Morgan fingerprint density at radius 1 is 1.33 bits per heavy atom. The molecule has 2 nitrogen and oxygen atoms in total. The summed E-state index contributed by atoms with van der Waals surface area (Å²) in [5, 5.41) is 0.608. The summed E-state index contributed by atoms with van der Waals surface area (Å²) in [5.74, 6) is 3.94. The summed E-state index contributed by atoms with van der Waals surface area (Å²) in [5.41, 5.74) is 0.865. The number of methoxy groups -OCH3 is 1. The van der Waals surface area contributed by atoms with Crippen LogP contribution in [0.4, 0.5) is 0 Å². The van der Waals surface area contributed by atoms with E-state index in [9.17, 15) is 0 Å². The van der Waals surface area contributed by atoms with Crippen molar-refractivity contribution in [2.24, 2.45) is 0 Å². The van der Waals surface area contributed by atoms with Crippen molar-refractivity contribution in [2.75, 3.05) is 25.2 Å². The third-order valence-corrected chi connectivity index (χ3v) is 3.84. The predicted octanol–water partition coefficient (Wildman–Crippen LogP) is 4.61. The number of hydrogen-bond acceptors (Lipinski definition) is 3. The molecule has 0 spiro atoms. The molecule has 0 aliphatic carbocycles. The molecule has 0 atom stereocenters. The first-order valence-electron chi connectivity index (χ1n) is 5.85. The molecule has 102 valence electrons. The van der Waals surface area contributed by atoms with E-state index in [0.717, 1.165) is 23.5 Å². The lowest BCUT2D eigenvalue weighted by Crippen LogP contribution is -2.03. The van der Waals surface area contributed by atoms with E-state index in [0.29, 0.717) is 29.0 Å². The smallest absolute Gasteiger partial charge is 0.165 e. The van der Waals surface area contributed by atoms with Crippen molar-refractivity contribution in [3.05, 3.63) is 22.7 Å². The molecule has 0 bridgehead atoms. The Bertz CT molecular complexity index is 347. The SMILES string of the molecule is CCSCCCOc1c(CCl)cc(Cl)cc1OC. The lowest BCUT2D eigenvalue weighted by molar-refractivity contribution is 0.293. The monoisotopic (exact) mass is 308 g/mol. The molecule has 0 saturated carbocycles. The molecule has 0 radical (unpaired) electrons. The molecule has 0 fully saturated rings. The van der Waals surface area contributed by atoms with Crippen LogP contribution in [0.1, 0.15) is 18.9 Å². The molecule has 18 heavy (non-hydrogen) atoms. The van der Waals surface area contributed by atoms with Gasteiger partial charge in [0.1, 0.15) is 0 Å². The fraction of sp³-hybridized carbons (Fsp3) is 0.538. The van der Waals surface area contributed by atoms with Gasteiger partial charge in [-0.3, -0.25) is 0 Å². The highest BCUT2D eigenvalue weighted by molar-refractivity contribution is 7.99. The minimum Gasteiger partial charge on any atom is -0.493 e. The summed E-state index contributed by atoms with van der Waals surface area (Å²) in [4.78, 5) is 0. The zero-order chi connectivity index (χ0) is 13.4. The van der Waals surface area contributed by atoms with Gasteiger partial charge in [0.25, 0.3) is 0 Å². The van der Waals surface area contributed by atoms with Crippen LogP contribution in [0.15, 0.2) is 12.1 Å². The Morgan fingerprint density at radius 2 is 2.11 bits per heavy atom. The molecule has 0 unspecified atom stereocenters. The van der Waals surface area contributed by atoms with Crippen LogP contribution in [-0.4, -0.2) is 25.2 Å². The summed E-state index contributed by atoms with van der Waals surface area (Å²) < 4.78 is 11.0. The fourth-order valence-corrected chi connectivity index (χ4v) is 2.56. The van der Waals surface area contributed by atoms with Gasteiger partial charge in [0.05, 0.1) is 19.6 Å². The Balaban J connectivity index is 2.67. The Morgan fingerprint density at radius 3 is 2.72 bits per heavy atom. The van der Waals surface area contributed by atoms with Crippen molar-refractivity contribution >= 4 is 35.0 Å². The van der Waals surface area contributed by atoms with E-state index >= 15 is 0 Å². The maximum Gasteiger partial charge on any atom is 0.165 e. The van der Waals surface area contributed by atoms with Crippen molar-refractivity contribution in [3.8, 4) is 11.5 Å². The fourth-order valence-electron chi connectivity index (χ4n) is 1.52. The highest BCUT2D eigenvalue weighted by Gasteiger charge is 2.12. The van der Waals surface area contributed by atoms with Crippen LogP contribution in [-0.2, 0) is 5.88 Å². The largest absolute Gasteiger partial charge is 0.493 e. The molecular formula is C13H18Cl2O2S. The van der Waals surface area contributed by atoms with Crippen molar-refractivity contribution < 1.29 is 9.47 Å². The molecule has 0 aromatic heterocycles. The van der Waals surface area contributed by atoms with Gasteiger partial charge in [-0.25, -0.2) is 0 Å². The van der Waals surface area contributed by atoms with Crippen LogP contribution in [0.2, 0.25) is 5.02 Å². The number of thioether (sulfide) groups is 1. The topological polar surface area (TPSA) is 18.5 Å². The van der Waals surface area contributed by atoms with E-state index in [2.05, 4.69) is 6.92 Å². The average Bonchev–Trinajstić information content (AvgIpc) is 2.39. The molecule has 0 saturated heterocycles. The Hall–Kier alpha value is -0.250. The predicted molar refractivity (Wildman–Crippen MR) is 80.7 cm³/mol. The molecule has 1 aromatic rings. The van der Waals surface area contributed by atoms with E-state index in [1.54, 1.807) is 13.2 Å². The zero-order valence-corrected chi connectivity index (χ0v) is 13.0. The molecule has 0 N–H and O–H groups in total. The van der Waals surface area contributed by atoms with E-state index in [1.807, 2.05) is 17.8 Å². The molecule has 5 heteroatoms. The summed E-state index contributed by atoms with van der Waals surface area (Å²) in [7, 11) is 1.60. The number of rotatable bonds is 8. The lowest BCUT2D eigenvalue weighted by atomic mass is 10.2. The average molecular weight is 309 g/mol. The van der Waals surface area contributed by atoms with Crippen LogP contribution in [0.3, 0.4) is 0 Å². The van der Waals surface area contributed by atoms with Crippen molar-refractivity contribution in [3.63, 3.8) is 0 Å². The van der Waals surface area contributed by atoms with Gasteiger partial charge in [-0.15, -0.1) is 11.6 Å². The van der Waals surface area contributed by atoms with Gasteiger partial charge in [0, 0.05) is 16.7 Å². The van der Waals surface area contributed by atoms with E-state index in [-0.39, 0.29) is 0 Å². The molecule has 1 rings (SSSR count). The second kappa shape index (κ2) is 8.78. The van der Waals surface area contributed by atoms with Gasteiger partial charge in [0.2, 0.25) is 0 Å². The summed E-state index contributed by atoms with van der Waals surface area (Å²) >= 11 is 13.8. The zero-order valence-electron chi connectivity index (χ0n) is 10.7.